The van der Waals surface area contributed by atoms with E-state index in [9.17, 15) is 9.59 Å². The SMILES string of the molecule is CC(NC(=O)c1cccc(N2CCCC2=O)c1)c1ccccc1Cl. The van der Waals surface area contributed by atoms with Gasteiger partial charge in [-0.3, -0.25) is 9.59 Å². The number of hydrogen-bond donors (Lipinski definition) is 1. The van der Waals surface area contributed by atoms with Gasteiger partial charge in [0.15, 0.2) is 0 Å². The molecule has 124 valence electrons. The predicted octanol–water partition coefficient (Wildman–Crippen LogP) is 3.96. The maximum Gasteiger partial charge on any atom is 0.251 e. The van der Waals surface area contributed by atoms with Crippen molar-refractivity contribution in [1.82, 2.24) is 5.32 Å². The van der Waals surface area contributed by atoms with Crippen molar-refractivity contribution in [3.63, 3.8) is 0 Å². The van der Waals surface area contributed by atoms with Crippen LogP contribution in [0.4, 0.5) is 5.69 Å². The lowest BCUT2D eigenvalue weighted by Gasteiger charge is -2.18. The summed E-state index contributed by atoms with van der Waals surface area (Å²) in [4.78, 5) is 26.1. The lowest BCUT2D eigenvalue weighted by molar-refractivity contribution is -0.117. The highest BCUT2D eigenvalue weighted by atomic mass is 35.5. The molecule has 0 aromatic heterocycles. The fourth-order valence-electron chi connectivity index (χ4n) is 2.92. The van der Waals surface area contributed by atoms with Gasteiger partial charge in [-0.15, -0.1) is 0 Å². The molecular weight excluding hydrogens is 324 g/mol. The lowest BCUT2D eigenvalue weighted by atomic mass is 10.1. The first kappa shape index (κ1) is 16.5. The Balaban J connectivity index is 1.76. The molecule has 0 spiro atoms. The Morgan fingerprint density at radius 3 is 2.71 bits per heavy atom. The molecule has 0 bridgehead atoms. The first-order valence-corrected chi connectivity index (χ1v) is 8.40. The van der Waals surface area contributed by atoms with Gasteiger partial charge in [0.25, 0.3) is 5.91 Å². The molecule has 1 fully saturated rings. The van der Waals surface area contributed by atoms with E-state index in [1.807, 2.05) is 31.2 Å². The van der Waals surface area contributed by atoms with E-state index in [4.69, 9.17) is 11.6 Å². The van der Waals surface area contributed by atoms with E-state index in [1.54, 1.807) is 29.2 Å². The Kier molecular flexibility index (Phi) is 4.86. The highest BCUT2D eigenvalue weighted by Gasteiger charge is 2.22. The molecule has 3 rings (SSSR count). The van der Waals surface area contributed by atoms with Crippen molar-refractivity contribution >= 4 is 29.1 Å². The van der Waals surface area contributed by atoms with Crippen LogP contribution in [0.15, 0.2) is 48.5 Å². The van der Waals surface area contributed by atoms with Crippen molar-refractivity contribution in [1.29, 1.82) is 0 Å². The van der Waals surface area contributed by atoms with E-state index >= 15 is 0 Å². The first-order chi connectivity index (χ1) is 11.6. The molecule has 0 radical (unpaired) electrons. The topological polar surface area (TPSA) is 49.4 Å². The van der Waals surface area contributed by atoms with Crippen LogP contribution in [-0.4, -0.2) is 18.4 Å². The van der Waals surface area contributed by atoms with Crippen molar-refractivity contribution in [2.24, 2.45) is 0 Å². The van der Waals surface area contributed by atoms with E-state index in [0.717, 1.165) is 17.7 Å². The number of carbonyl (C=O) groups excluding carboxylic acids is 2. The zero-order chi connectivity index (χ0) is 17.1. The van der Waals surface area contributed by atoms with E-state index < -0.39 is 0 Å². The highest BCUT2D eigenvalue weighted by Crippen LogP contribution is 2.24. The van der Waals surface area contributed by atoms with Crippen LogP contribution >= 0.6 is 11.6 Å². The van der Waals surface area contributed by atoms with Crippen LogP contribution in [0.2, 0.25) is 5.02 Å². The molecule has 1 aliphatic rings. The van der Waals surface area contributed by atoms with Gasteiger partial charge in [-0.1, -0.05) is 35.9 Å². The summed E-state index contributed by atoms with van der Waals surface area (Å²) < 4.78 is 0. The Hall–Kier alpha value is -2.33. The molecule has 2 amide bonds. The van der Waals surface area contributed by atoms with Gasteiger partial charge in [0.1, 0.15) is 0 Å². The van der Waals surface area contributed by atoms with Gasteiger partial charge in [-0.05, 0) is 43.2 Å². The molecule has 1 atom stereocenters. The van der Waals surface area contributed by atoms with Crippen LogP contribution in [0.1, 0.15) is 41.7 Å². The summed E-state index contributed by atoms with van der Waals surface area (Å²) in [6, 6.07) is 14.4. The van der Waals surface area contributed by atoms with E-state index in [2.05, 4.69) is 5.32 Å². The van der Waals surface area contributed by atoms with Gasteiger partial charge in [0, 0.05) is 29.2 Å². The number of nitrogens with zero attached hydrogens (tertiary/aromatic N) is 1. The average molecular weight is 343 g/mol. The maximum atomic E-state index is 12.5. The quantitative estimate of drug-likeness (QED) is 0.914. The molecule has 0 aliphatic carbocycles. The molecule has 2 aromatic rings. The minimum Gasteiger partial charge on any atom is -0.345 e. The average Bonchev–Trinajstić information content (AvgIpc) is 3.01. The Bertz CT molecular complexity index is 775. The largest absolute Gasteiger partial charge is 0.345 e. The zero-order valence-electron chi connectivity index (χ0n) is 13.5. The fraction of sp³-hybridized carbons (Fsp3) is 0.263. The second-order valence-electron chi connectivity index (χ2n) is 5.92. The molecule has 1 saturated heterocycles. The van der Waals surface area contributed by atoms with Crippen LogP contribution in [0.5, 0.6) is 0 Å². The molecule has 5 heteroatoms. The van der Waals surface area contributed by atoms with Gasteiger partial charge in [0.05, 0.1) is 6.04 Å². The standard InChI is InChI=1S/C19H19ClN2O2/c1-13(16-8-2-3-9-17(16)20)21-19(24)14-6-4-7-15(12-14)22-11-5-10-18(22)23/h2-4,6-9,12-13H,5,10-11H2,1H3,(H,21,24). The van der Waals surface area contributed by atoms with E-state index in [1.165, 1.54) is 0 Å². The van der Waals surface area contributed by atoms with Gasteiger partial charge < -0.3 is 10.2 Å². The lowest BCUT2D eigenvalue weighted by Crippen LogP contribution is -2.28. The van der Waals surface area contributed by atoms with Crippen molar-refractivity contribution in [2.45, 2.75) is 25.8 Å². The number of nitrogens with one attached hydrogen (secondary N) is 1. The predicted molar refractivity (Wildman–Crippen MR) is 95.4 cm³/mol. The second-order valence-corrected chi connectivity index (χ2v) is 6.32. The number of halogens is 1. The fourth-order valence-corrected chi connectivity index (χ4v) is 3.22. The molecule has 1 heterocycles. The second kappa shape index (κ2) is 7.05. The van der Waals surface area contributed by atoms with Crippen LogP contribution in [0.25, 0.3) is 0 Å². The van der Waals surface area contributed by atoms with Gasteiger partial charge in [-0.25, -0.2) is 0 Å². The smallest absolute Gasteiger partial charge is 0.251 e. The van der Waals surface area contributed by atoms with Crippen LogP contribution in [0, 0.1) is 0 Å². The normalized spacial score (nSPS) is 15.4. The van der Waals surface area contributed by atoms with Gasteiger partial charge >= 0.3 is 0 Å². The van der Waals surface area contributed by atoms with Crippen molar-refractivity contribution in [2.75, 3.05) is 11.4 Å². The third-order valence-corrected chi connectivity index (χ3v) is 4.56. The van der Waals surface area contributed by atoms with Gasteiger partial charge in [-0.2, -0.15) is 0 Å². The Morgan fingerprint density at radius 2 is 2.00 bits per heavy atom. The summed E-state index contributed by atoms with van der Waals surface area (Å²) in [5.41, 5.74) is 2.18. The van der Waals surface area contributed by atoms with Crippen LogP contribution < -0.4 is 10.2 Å². The van der Waals surface area contributed by atoms with Gasteiger partial charge in [0.2, 0.25) is 5.91 Å². The summed E-state index contributed by atoms with van der Waals surface area (Å²) in [5, 5.41) is 3.58. The summed E-state index contributed by atoms with van der Waals surface area (Å²) in [5.74, 6) is -0.0760. The summed E-state index contributed by atoms with van der Waals surface area (Å²) in [7, 11) is 0. The number of anilines is 1. The minimum absolute atomic E-state index is 0.108. The van der Waals surface area contributed by atoms with Crippen molar-refractivity contribution in [3.8, 4) is 0 Å². The minimum atomic E-state index is -0.205. The number of benzene rings is 2. The number of rotatable bonds is 4. The molecule has 1 N–H and O–H groups in total. The molecule has 1 unspecified atom stereocenters. The van der Waals surface area contributed by atoms with Crippen LogP contribution in [0.3, 0.4) is 0 Å². The summed E-state index contributed by atoms with van der Waals surface area (Å²) >= 11 is 6.18. The first-order valence-electron chi connectivity index (χ1n) is 8.02. The molecular formula is C19H19ClN2O2. The Labute approximate surface area is 146 Å². The monoisotopic (exact) mass is 342 g/mol. The number of carbonyl (C=O) groups is 2. The summed E-state index contributed by atoms with van der Waals surface area (Å²) in [6.07, 6.45) is 1.43. The Morgan fingerprint density at radius 1 is 1.21 bits per heavy atom. The van der Waals surface area contributed by atoms with E-state index in [0.29, 0.717) is 23.6 Å². The van der Waals surface area contributed by atoms with Crippen molar-refractivity contribution < 1.29 is 9.59 Å². The third-order valence-electron chi connectivity index (χ3n) is 4.21. The summed E-state index contributed by atoms with van der Waals surface area (Å²) in [6.45, 7) is 2.60. The molecule has 0 saturated carbocycles. The van der Waals surface area contributed by atoms with Crippen molar-refractivity contribution in [3.05, 3.63) is 64.7 Å². The molecule has 1 aliphatic heterocycles. The molecule has 24 heavy (non-hydrogen) atoms. The number of hydrogen-bond acceptors (Lipinski definition) is 2. The number of amides is 2. The maximum absolute atomic E-state index is 12.5. The molecule has 2 aromatic carbocycles. The zero-order valence-corrected chi connectivity index (χ0v) is 14.2. The highest BCUT2D eigenvalue weighted by molar-refractivity contribution is 6.31. The third kappa shape index (κ3) is 3.44. The van der Waals surface area contributed by atoms with E-state index in [-0.39, 0.29) is 17.9 Å². The molecule has 4 nitrogen and oxygen atoms in total. The van der Waals surface area contributed by atoms with Crippen LogP contribution in [-0.2, 0) is 4.79 Å².